The molecule has 1 amide bonds. The van der Waals surface area contributed by atoms with Crippen LogP contribution < -0.4 is 10.6 Å². The predicted molar refractivity (Wildman–Crippen MR) is 65.0 cm³/mol. The van der Waals surface area contributed by atoms with Crippen LogP contribution in [0.3, 0.4) is 0 Å². The van der Waals surface area contributed by atoms with Crippen molar-refractivity contribution in [2.24, 2.45) is 5.92 Å². The van der Waals surface area contributed by atoms with Crippen LogP contribution in [0.1, 0.15) is 17.3 Å². The second-order valence-electron chi connectivity index (χ2n) is 4.51. The quantitative estimate of drug-likeness (QED) is 0.798. The third-order valence-corrected chi connectivity index (χ3v) is 3.27. The van der Waals surface area contributed by atoms with E-state index in [0.717, 1.165) is 11.5 Å². The number of nitrogens with one attached hydrogen (secondary N) is 2. The van der Waals surface area contributed by atoms with Gasteiger partial charge in [0.05, 0.1) is 31.4 Å². The largest absolute Gasteiger partial charge is 0.444 e. The molecular weight excluding hydrogens is 234 g/mol. The summed E-state index contributed by atoms with van der Waals surface area (Å²) in [7, 11) is 1.83. The highest BCUT2D eigenvalue weighted by atomic mass is 16.5. The average molecular weight is 253 g/mol. The number of amides is 1. The molecule has 2 atom stereocenters. The van der Waals surface area contributed by atoms with Crippen molar-refractivity contribution in [3.63, 3.8) is 0 Å². The van der Waals surface area contributed by atoms with Crippen LogP contribution in [0.2, 0.25) is 0 Å². The van der Waals surface area contributed by atoms with Gasteiger partial charge in [-0.2, -0.15) is 0 Å². The van der Waals surface area contributed by atoms with Crippen LogP contribution in [0.5, 0.6) is 0 Å². The molecule has 1 fully saturated rings. The van der Waals surface area contributed by atoms with Gasteiger partial charge in [-0.1, -0.05) is 0 Å². The minimum absolute atomic E-state index is 0.0274. The molecule has 18 heavy (non-hydrogen) atoms. The van der Waals surface area contributed by atoms with Gasteiger partial charge >= 0.3 is 0 Å². The van der Waals surface area contributed by atoms with Gasteiger partial charge in [0.25, 0.3) is 0 Å². The predicted octanol–water partition coefficient (Wildman–Crippen LogP) is 0.142. The molecule has 1 aromatic heterocycles. The molecule has 100 valence electrons. The van der Waals surface area contributed by atoms with Crippen molar-refractivity contribution < 1.29 is 13.9 Å². The summed E-state index contributed by atoms with van der Waals surface area (Å²) in [4.78, 5) is 16.2. The first-order valence-corrected chi connectivity index (χ1v) is 6.07. The third-order valence-electron chi connectivity index (χ3n) is 3.27. The van der Waals surface area contributed by atoms with Gasteiger partial charge in [-0.15, -0.1) is 0 Å². The number of nitrogens with zero attached hydrogens (tertiary/aromatic N) is 1. The molecule has 6 nitrogen and oxygen atoms in total. The summed E-state index contributed by atoms with van der Waals surface area (Å²) in [6.45, 7) is 5.09. The standard InChI is InChI=1S/C12H19N3O3/c1-7-8(2)18-11(15-7)4-14-12(16)9-5-17-6-10(9)13-3/h9-10,13H,4-6H2,1-3H3,(H,14,16). The van der Waals surface area contributed by atoms with E-state index in [9.17, 15) is 4.79 Å². The van der Waals surface area contributed by atoms with E-state index < -0.39 is 0 Å². The third kappa shape index (κ3) is 2.70. The van der Waals surface area contributed by atoms with Gasteiger partial charge in [-0.3, -0.25) is 4.79 Å². The molecule has 0 bridgehead atoms. The van der Waals surface area contributed by atoms with Crippen molar-refractivity contribution in [2.75, 3.05) is 20.3 Å². The number of carbonyl (C=O) groups excluding carboxylic acids is 1. The van der Waals surface area contributed by atoms with Crippen LogP contribution in [0.4, 0.5) is 0 Å². The fourth-order valence-corrected chi connectivity index (χ4v) is 2.01. The lowest BCUT2D eigenvalue weighted by molar-refractivity contribution is -0.125. The van der Waals surface area contributed by atoms with Crippen molar-refractivity contribution in [3.05, 3.63) is 17.3 Å². The summed E-state index contributed by atoms with van der Waals surface area (Å²) in [5.74, 6) is 1.15. The average Bonchev–Trinajstić information content (AvgIpc) is 2.94. The molecule has 0 radical (unpaired) electrons. The lowest BCUT2D eigenvalue weighted by Gasteiger charge is -2.15. The Bertz CT molecular complexity index is 411. The van der Waals surface area contributed by atoms with Gasteiger partial charge in [0.2, 0.25) is 11.8 Å². The zero-order valence-electron chi connectivity index (χ0n) is 10.9. The number of hydrogen-bond donors (Lipinski definition) is 2. The molecule has 0 saturated carbocycles. The molecule has 0 spiro atoms. The molecule has 2 unspecified atom stereocenters. The highest BCUT2D eigenvalue weighted by molar-refractivity contribution is 5.79. The summed E-state index contributed by atoms with van der Waals surface area (Å²) < 4.78 is 10.7. The molecule has 1 saturated heterocycles. The van der Waals surface area contributed by atoms with Crippen molar-refractivity contribution in [2.45, 2.75) is 26.4 Å². The summed E-state index contributed by atoms with van der Waals surface area (Å²) in [6, 6.07) is 0.0815. The van der Waals surface area contributed by atoms with Gasteiger partial charge in [-0.05, 0) is 20.9 Å². The Morgan fingerprint density at radius 1 is 1.44 bits per heavy atom. The number of rotatable bonds is 4. The normalized spacial score (nSPS) is 23.3. The Balaban J connectivity index is 1.88. The van der Waals surface area contributed by atoms with Gasteiger partial charge < -0.3 is 19.8 Å². The maximum Gasteiger partial charge on any atom is 0.227 e. The number of aromatic nitrogens is 1. The van der Waals surface area contributed by atoms with E-state index >= 15 is 0 Å². The lowest BCUT2D eigenvalue weighted by atomic mass is 10.0. The molecule has 2 N–H and O–H groups in total. The molecule has 1 aliphatic heterocycles. The number of carbonyl (C=O) groups is 1. The van der Waals surface area contributed by atoms with E-state index in [4.69, 9.17) is 9.15 Å². The molecule has 0 aromatic carbocycles. The van der Waals surface area contributed by atoms with Crippen molar-refractivity contribution in [1.29, 1.82) is 0 Å². The topological polar surface area (TPSA) is 76.4 Å². The summed E-state index contributed by atoms with van der Waals surface area (Å²) in [6.07, 6.45) is 0. The molecule has 1 aromatic rings. The molecular formula is C12H19N3O3. The van der Waals surface area contributed by atoms with E-state index in [2.05, 4.69) is 15.6 Å². The number of likely N-dealkylation sites (N-methyl/N-ethyl adjacent to an activating group) is 1. The molecule has 6 heteroatoms. The molecule has 2 rings (SSSR count). The zero-order chi connectivity index (χ0) is 13.1. The SMILES string of the molecule is CNC1COCC1C(=O)NCc1nc(C)c(C)o1. The molecule has 2 heterocycles. The Kier molecular flexibility index (Phi) is 3.98. The highest BCUT2D eigenvalue weighted by Crippen LogP contribution is 2.14. The zero-order valence-corrected chi connectivity index (χ0v) is 10.9. The maximum atomic E-state index is 12.0. The van der Waals surface area contributed by atoms with Gasteiger partial charge in [0, 0.05) is 6.04 Å². The van der Waals surface area contributed by atoms with E-state index in [1.807, 2.05) is 20.9 Å². The fraction of sp³-hybridized carbons (Fsp3) is 0.667. The first-order valence-electron chi connectivity index (χ1n) is 6.07. The van der Waals surface area contributed by atoms with Crippen LogP contribution in [0.25, 0.3) is 0 Å². The monoisotopic (exact) mass is 253 g/mol. The van der Waals surface area contributed by atoms with E-state index in [0.29, 0.717) is 25.6 Å². The number of aryl methyl sites for hydroxylation is 2. The Morgan fingerprint density at radius 3 is 2.83 bits per heavy atom. The highest BCUT2D eigenvalue weighted by Gasteiger charge is 2.32. The Hall–Kier alpha value is -1.40. The molecule has 0 aliphatic carbocycles. The van der Waals surface area contributed by atoms with E-state index in [-0.39, 0.29) is 17.9 Å². The Morgan fingerprint density at radius 2 is 2.22 bits per heavy atom. The van der Waals surface area contributed by atoms with Crippen molar-refractivity contribution >= 4 is 5.91 Å². The second-order valence-corrected chi connectivity index (χ2v) is 4.51. The fourth-order valence-electron chi connectivity index (χ4n) is 2.01. The van der Waals surface area contributed by atoms with E-state index in [1.165, 1.54) is 0 Å². The van der Waals surface area contributed by atoms with E-state index in [1.54, 1.807) is 0 Å². The smallest absolute Gasteiger partial charge is 0.227 e. The van der Waals surface area contributed by atoms with Crippen molar-refractivity contribution in [1.82, 2.24) is 15.6 Å². The van der Waals surface area contributed by atoms with Gasteiger partial charge in [-0.25, -0.2) is 4.98 Å². The Labute approximate surface area is 106 Å². The van der Waals surface area contributed by atoms with Crippen LogP contribution in [-0.2, 0) is 16.1 Å². The first kappa shape index (κ1) is 13.0. The first-order chi connectivity index (χ1) is 8.61. The second kappa shape index (κ2) is 5.49. The maximum absolute atomic E-state index is 12.0. The van der Waals surface area contributed by atoms with Crippen LogP contribution in [-0.4, -0.2) is 37.2 Å². The van der Waals surface area contributed by atoms with Crippen LogP contribution >= 0.6 is 0 Å². The number of hydrogen-bond acceptors (Lipinski definition) is 5. The van der Waals surface area contributed by atoms with Crippen LogP contribution in [0, 0.1) is 19.8 Å². The molecule has 1 aliphatic rings. The van der Waals surface area contributed by atoms with Gasteiger partial charge in [0.1, 0.15) is 5.76 Å². The summed E-state index contributed by atoms with van der Waals surface area (Å²) in [5.41, 5.74) is 0.858. The summed E-state index contributed by atoms with van der Waals surface area (Å²) >= 11 is 0. The van der Waals surface area contributed by atoms with Crippen LogP contribution in [0.15, 0.2) is 4.42 Å². The van der Waals surface area contributed by atoms with Crippen molar-refractivity contribution in [3.8, 4) is 0 Å². The number of oxazole rings is 1. The lowest BCUT2D eigenvalue weighted by Crippen LogP contribution is -2.42. The minimum Gasteiger partial charge on any atom is -0.444 e. The number of ether oxygens (including phenoxy) is 1. The minimum atomic E-state index is -0.146. The summed E-state index contributed by atoms with van der Waals surface area (Å²) in [5, 5.41) is 5.91. The van der Waals surface area contributed by atoms with Gasteiger partial charge in [0.15, 0.2) is 0 Å².